The SMILES string of the molecule is CC(C)(Oc1ccc(Cl)cc1Cl)C(=O)NC[C@H]1CCCO1. The minimum absolute atomic E-state index is 0.101. The van der Waals surface area contributed by atoms with Crippen molar-refractivity contribution in [3.63, 3.8) is 0 Å². The maximum atomic E-state index is 12.2. The quantitative estimate of drug-likeness (QED) is 0.898. The monoisotopic (exact) mass is 331 g/mol. The summed E-state index contributed by atoms with van der Waals surface area (Å²) in [5.41, 5.74) is -1.03. The number of rotatable bonds is 5. The maximum absolute atomic E-state index is 12.2. The number of nitrogens with one attached hydrogen (secondary N) is 1. The van der Waals surface area contributed by atoms with Gasteiger partial charge in [0.2, 0.25) is 0 Å². The van der Waals surface area contributed by atoms with Gasteiger partial charge in [0.25, 0.3) is 5.91 Å². The first-order chi connectivity index (χ1) is 9.88. The van der Waals surface area contributed by atoms with Crippen LogP contribution in [0.15, 0.2) is 18.2 Å². The molecule has 1 N–H and O–H groups in total. The Morgan fingerprint density at radius 3 is 2.86 bits per heavy atom. The Kier molecular flexibility index (Phi) is 5.36. The van der Waals surface area contributed by atoms with Crippen molar-refractivity contribution in [1.82, 2.24) is 5.32 Å². The summed E-state index contributed by atoms with van der Waals surface area (Å²) in [7, 11) is 0. The Bertz CT molecular complexity index is 514. The molecule has 1 heterocycles. The first-order valence-electron chi connectivity index (χ1n) is 6.92. The molecule has 2 rings (SSSR count). The number of hydrogen-bond donors (Lipinski definition) is 1. The van der Waals surface area contributed by atoms with Gasteiger partial charge in [-0.1, -0.05) is 23.2 Å². The zero-order valence-corrected chi connectivity index (χ0v) is 13.6. The van der Waals surface area contributed by atoms with Crippen LogP contribution in [0.5, 0.6) is 5.75 Å². The fourth-order valence-corrected chi connectivity index (χ4v) is 2.55. The number of carbonyl (C=O) groups excluding carboxylic acids is 1. The fourth-order valence-electron chi connectivity index (χ4n) is 2.10. The van der Waals surface area contributed by atoms with Crippen LogP contribution in [0, 0.1) is 0 Å². The van der Waals surface area contributed by atoms with E-state index in [1.807, 2.05) is 0 Å². The van der Waals surface area contributed by atoms with Crippen LogP contribution < -0.4 is 10.1 Å². The summed E-state index contributed by atoms with van der Waals surface area (Å²) in [6, 6.07) is 4.90. The average molecular weight is 332 g/mol. The molecule has 1 atom stereocenters. The highest BCUT2D eigenvalue weighted by atomic mass is 35.5. The minimum Gasteiger partial charge on any atom is -0.476 e. The molecular weight excluding hydrogens is 313 g/mol. The molecule has 1 aromatic rings. The molecule has 0 bridgehead atoms. The predicted octanol–water partition coefficient (Wildman–Crippen LogP) is 3.45. The molecule has 4 nitrogen and oxygen atoms in total. The summed E-state index contributed by atoms with van der Waals surface area (Å²) in [6.07, 6.45) is 2.12. The van der Waals surface area contributed by atoms with Gasteiger partial charge in [0, 0.05) is 18.2 Å². The molecule has 0 radical (unpaired) electrons. The first-order valence-corrected chi connectivity index (χ1v) is 7.68. The third kappa shape index (κ3) is 4.50. The van der Waals surface area contributed by atoms with Crippen molar-refractivity contribution in [3.8, 4) is 5.75 Å². The molecule has 1 aliphatic rings. The summed E-state index contributed by atoms with van der Waals surface area (Å²) < 4.78 is 11.2. The van der Waals surface area contributed by atoms with Crippen LogP contribution in [-0.2, 0) is 9.53 Å². The van der Waals surface area contributed by atoms with E-state index in [2.05, 4.69) is 5.32 Å². The van der Waals surface area contributed by atoms with Gasteiger partial charge in [0.1, 0.15) is 5.75 Å². The van der Waals surface area contributed by atoms with Crippen LogP contribution >= 0.6 is 23.2 Å². The zero-order valence-electron chi connectivity index (χ0n) is 12.1. The van der Waals surface area contributed by atoms with Crippen LogP contribution in [0.25, 0.3) is 0 Å². The van der Waals surface area contributed by atoms with E-state index < -0.39 is 5.60 Å². The van der Waals surface area contributed by atoms with Crippen LogP contribution in [0.4, 0.5) is 0 Å². The second kappa shape index (κ2) is 6.86. The lowest BCUT2D eigenvalue weighted by atomic mass is 10.1. The highest BCUT2D eigenvalue weighted by Gasteiger charge is 2.31. The third-order valence-electron chi connectivity index (χ3n) is 3.32. The molecule has 1 fully saturated rings. The summed E-state index contributed by atoms with van der Waals surface area (Å²) in [6.45, 7) is 4.66. The lowest BCUT2D eigenvalue weighted by Gasteiger charge is -2.26. The number of hydrogen-bond acceptors (Lipinski definition) is 3. The second-order valence-electron chi connectivity index (χ2n) is 5.53. The van der Waals surface area contributed by atoms with Crippen molar-refractivity contribution in [1.29, 1.82) is 0 Å². The number of amides is 1. The van der Waals surface area contributed by atoms with Crippen molar-refractivity contribution < 1.29 is 14.3 Å². The van der Waals surface area contributed by atoms with Gasteiger partial charge < -0.3 is 14.8 Å². The molecule has 0 unspecified atom stereocenters. The van der Waals surface area contributed by atoms with Crippen molar-refractivity contribution in [2.45, 2.75) is 38.4 Å². The van der Waals surface area contributed by atoms with Crippen molar-refractivity contribution in [2.75, 3.05) is 13.2 Å². The largest absolute Gasteiger partial charge is 0.476 e. The highest BCUT2D eigenvalue weighted by molar-refractivity contribution is 6.35. The van der Waals surface area contributed by atoms with Crippen molar-refractivity contribution >= 4 is 29.1 Å². The van der Waals surface area contributed by atoms with E-state index in [0.29, 0.717) is 22.3 Å². The molecule has 0 spiro atoms. The molecule has 0 aliphatic carbocycles. The van der Waals surface area contributed by atoms with E-state index in [4.69, 9.17) is 32.7 Å². The number of carbonyl (C=O) groups is 1. The van der Waals surface area contributed by atoms with Crippen LogP contribution in [0.3, 0.4) is 0 Å². The molecular formula is C15H19Cl2NO3. The summed E-state index contributed by atoms with van der Waals surface area (Å²) in [5.74, 6) is 0.224. The lowest BCUT2D eigenvalue weighted by molar-refractivity contribution is -0.134. The molecule has 21 heavy (non-hydrogen) atoms. The number of benzene rings is 1. The zero-order chi connectivity index (χ0) is 15.5. The average Bonchev–Trinajstić information content (AvgIpc) is 2.92. The Balaban J connectivity index is 1.94. The summed E-state index contributed by atoms with van der Waals surface area (Å²) in [4.78, 5) is 12.2. The molecule has 0 aromatic heterocycles. The topological polar surface area (TPSA) is 47.6 Å². The number of halogens is 2. The molecule has 0 saturated carbocycles. The van der Waals surface area contributed by atoms with Crippen molar-refractivity contribution in [2.24, 2.45) is 0 Å². The van der Waals surface area contributed by atoms with Gasteiger partial charge >= 0.3 is 0 Å². The Morgan fingerprint density at radius 2 is 2.24 bits per heavy atom. The van der Waals surface area contributed by atoms with Gasteiger partial charge in [-0.3, -0.25) is 4.79 Å². The second-order valence-corrected chi connectivity index (χ2v) is 6.38. The summed E-state index contributed by atoms with van der Waals surface area (Å²) >= 11 is 11.9. The van der Waals surface area contributed by atoms with Gasteiger partial charge in [-0.25, -0.2) is 0 Å². The predicted molar refractivity (Wildman–Crippen MR) is 83.2 cm³/mol. The fraction of sp³-hybridized carbons (Fsp3) is 0.533. The van der Waals surface area contributed by atoms with E-state index in [1.54, 1.807) is 32.0 Å². The van der Waals surface area contributed by atoms with E-state index in [0.717, 1.165) is 19.4 Å². The van der Waals surface area contributed by atoms with E-state index in [1.165, 1.54) is 0 Å². The Morgan fingerprint density at radius 1 is 1.48 bits per heavy atom. The smallest absolute Gasteiger partial charge is 0.263 e. The van der Waals surface area contributed by atoms with Gasteiger partial charge in [0.15, 0.2) is 5.60 Å². The van der Waals surface area contributed by atoms with E-state index in [-0.39, 0.29) is 12.0 Å². The lowest BCUT2D eigenvalue weighted by Crippen LogP contribution is -2.48. The third-order valence-corrected chi connectivity index (χ3v) is 3.85. The molecule has 1 amide bonds. The Labute approximate surface area is 134 Å². The minimum atomic E-state index is -1.03. The molecule has 1 aliphatic heterocycles. The summed E-state index contributed by atoms with van der Waals surface area (Å²) in [5, 5.41) is 3.76. The van der Waals surface area contributed by atoms with Crippen LogP contribution in [0.1, 0.15) is 26.7 Å². The standard InChI is InChI=1S/C15H19Cl2NO3/c1-15(2,14(19)18-9-11-4-3-7-20-11)21-13-6-5-10(16)8-12(13)17/h5-6,8,11H,3-4,7,9H2,1-2H3,(H,18,19)/t11-/m1/s1. The van der Waals surface area contributed by atoms with Crippen molar-refractivity contribution in [3.05, 3.63) is 28.2 Å². The van der Waals surface area contributed by atoms with E-state index in [9.17, 15) is 4.79 Å². The molecule has 116 valence electrons. The Hall–Kier alpha value is -0.970. The molecule has 1 aromatic carbocycles. The number of ether oxygens (including phenoxy) is 2. The van der Waals surface area contributed by atoms with Gasteiger partial charge in [-0.15, -0.1) is 0 Å². The van der Waals surface area contributed by atoms with E-state index >= 15 is 0 Å². The van der Waals surface area contributed by atoms with Gasteiger partial charge in [0.05, 0.1) is 11.1 Å². The van der Waals surface area contributed by atoms with Crippen LogP contribution in [0.2, 0.25) is 10.0 Å². The highest BCUT2D eigenvalue weighted by Crippen LogP contribution is 2.30. The van der Waals surface area contributed by atoms with Gasteiger partial charge in [-0.2, -0.15) is 0 Å². The molecule has 6 heteroatoms. The normalized spacial score (nSPS) is 18.6. The van der Waals surface area contributed by atoms with Gasteiger partial charge in [-0.05, 0) is 44.9 Å². The molecule has 1 saturated heterocycles. The maximum Gasteiger partial charge on any atom is 0.263 e. The first kappa shape index (κ1) is 16.4. The van der Waals surface area contributed by atoms with Crippen LogP contribution in [-0.4, -0.2) is 30.8 Å².